The molecule has 19 heavy (non-hydrogen) atoms. The molecule has 0 saturated heterocycles. The van der Waals surface area contributed by atoms with Gasteiger partial charge in [0.05, 0.1) is 11.1 Å². The molecular weight excluding hydrogens is 263 g/mol. The predicted molar refractivity (Wildman–Crippen MR) is 57.1 cm³/mol. The number of ketones is 1. The first kappa shape index (κ1) is 13.0. The molecule has 1 aliphatic heterocycles. The lowest BCUT2D eigenvalue weighted by Gasteiger charge is -2.07. The van der Waals surface area contributed by atoms with Gasteiger partial charge in [-0.15, -0.1) is 0 Å². The van der Waals surface area contributed by atoms with Crippen LogP contribution < -0.4 is 0 Å². The summed E-state index contributed by atoms with van der Waals surface area (Å²) in [5.41, 5.74) is 0.188. The van der Waals surface area contributed by atoms with E-state index in [1.165, 1.54) is 24.3 Å². The fourth-order valence-electron chi connectivity index (χ4n) is 1.58. The van der Waals surface area contributed by atoms with Crippen LogP contribution in [-0.4, -0.2) is 28.7 Å². The number of imide groups is 1. The van der Waals surface area contributed by atoms with Crippen molar-refractivity contribution in [1.82, 2.24) is 4.90 Å². The average molecular weight is 269 g/mol. The SMILES string of the molecule is O=C1c2ccccc2C(=O)N1/C=C/C(=O)C(F)(F)F. The van der Waals surface area contributed by atoms with E-state index in [4.69, 9.17) is 0 Å². The van der Waals surface area contributed by atoms with Crippen molar-refractivity contribution in [2.45, 2.75) is 6.18 Å². The van der Waals surface area contributed by atoms with Gasteiger partial charge in [0.25, 0.3) is 17.6 Å². The minimum absolute atomic E-state index is 0.0941. The minimum Gasteiger partial charge on any atom is -0.285 e. The number of benzene rings is 1. The second-order valence-corrected chi connectivity index (χ2v) is 3.70. The number of carbonyl (C=O) groups is 3. The third kappa shape index (κ3) is 2.26. The van der Waals surface area contributed by atoms with Crippen molar-refractivity contribution in [2.24, 2.45) is 0 Å². The van der Waals surface area contributed by atoms with Crippen LogP contribution in [0.4, 0.5) is 13.2 Å². The summed E-state index contributed by atoms with van der Waals surface area (Å²) in [6.45, 7) is 0. The van der Waals surface area contributed by atoms with Gasteiger partial charge in [0.2, 0.25) is 0 Å². The Morgan fingerprint density at radius 2 is 1.53 bits per heavy atom. The molecule has 1 aromatic rings. The van der Waals surface area contributed by atoms with Crippen molar-refractivity contribution in [3.8, 4) is 0 Å². The Balaban J connectivity index is 2.26. The largest absolute Gasteiger partial charge is 0.454 e. The van der Waals surface area contributed by atoms with Gasteiger partial charge in [-0.2, -0.15) is 13.2 Å². The van der Waals surface area contributed by atoms with Crippen LogP contribution in [0.3, 0.4) is 0 Å². The monoisotopic (exact) mass is 269 g/mol. The van der Waals surface area contributed by atoms with Crippen LogP contribution in [0, 0.1) is 0 Å². The Kier molecular flexibility index (Phi) is 2.97. The van der Waals surface area contributed by atoms with Crippen LogP contribution in [0.5, 0.6) is 0 Å². The highest BCUT2D eigenvalue weighted by atomic mass is 19.4. The molecular formula is C12H6F3NO3. The maximum atomic E-state index is 12.0. The zero-order valence-corrected chi connectivity index (χ0v) is 9.27. The molecule has 1 heterocycles. The number of hydrogen-bond donors (Lipinski definition) is 0. The van der Waals surface area contributed by atoms with Gasteiger partial charge < -0.3 is 0 Å². The van der Waals surface area contributed by atoms with Gasteiger partial charge in [-0.1, -0.05) is 12.1 Å². The Labute approximate surface area is 105 Å². The van der Waals surface area contributed by atoms with E-state index in [-0.39, 0.29) is 17.2 Å². The number of carbonyl (C=O) groups excluding carboxylic acids is 3. The molecule has 0 aliphatic carbocycles. The van der Waals surface area contributed by atoms with Gasteiger partial charge in [0.1, 0.15) is 0 Å². The smallest absolute Gasteiger partial charge is 0.285 e. The first-order valence-electron chi connectivity index (χ1n) is 5.08. The van der Waals surface area contributed by atoms with Crippen molar-refractivity contribution in [3.63, 3.8) is 0 Å². The van der Waals surface area contributed by atoms with Gasteiger partial charge in [0.15, 0.2) is 0 Å². The molecule has 0 aromatic heterocycles. The Morgan fingerprint density at radius 1 is 1.05 bits per heavy atom. The molecule has 0 fully saturated rings. The second-order valence-electron chi connectivity index (χ2n) is 3.70. The summed E-state index contributed by atoms with van der Waals surface area (Å²) in [5, 5.41) is 0. The first-order valence-corrected chi connectivity index (χ1v) is 5.08. The molecule has 0 N–H and O–H groups in total. The number of fused-ring (bicyclic) bond motifs is 1. The molecule has 0 radical (unpaired) electrons. The zero-order valence-electron chi connectivity index (χ0n) is 9.27. The zero-order chi connectivity index (χ0) is 14.2. The maximum absolute atomic E-state index is 12.0. The highest BCUT2D eigenvalue weighted by Gasteiger charge is 2.38. The van der Waals surface area contributed by atoms with Gasteiger partial charge in [-0.05, 0) is 12.1 Å². The number of halogens is 3. The van der Waals surface area contributed by atoms with Crippen LogP contribution in [0.15, 0.2) is 36.5 Å². The van der Waals surface area contributed by atoms with Gasteiger partial charge >= 0.3 is 6.18 Å². The fraction of sp³-hybridized carbons (Fsp3) is 0.0833. The molecule has 0 saturated carbocycles. The first-order chi connectivity index (χ1) is 8.82. The molecule has 2 rings (SSSR count). The summed E-state index contributed by atoms with van der Waals surface area (Å²) in [5.74, 6) is -3.65. The van der Waals surface area contributed by atoms with Crippen molar-refractivity contribution in [1.29, 1.82) is 0 Å². The minimum atomic E-state index is -5.03. The average Bonchev–Trinajstić information content (AvgIpc) is 2.59. The molecule has 2 amide bonds. The molecule has 0 atom stereocenters. The van der Waals surface area contributed by atoms with Crippen LogP contribution >= 0.6 is 0 Å². The molecule has 0 spiro atoms. The molecule has 0 unspecified atom stereocenters. The molecule has 7 heteroatoms. The Hall–Kier alpha value is -2.44. The van der Waals surface area contributed by atoms with E-state index >= 15 is 0 Å². The summed E-state index contributed by atoms with van der Waals surface area (Å²) in [6, 6.07) is 5.82. The number of hydrogen-bond acceptors (Lipinski definition) is 3. The Morgan fingerprint density at radius 3 is 1.95 bits per heavy atom. The van der Waals surface area contributed by atoms with E-state index in [0.29, 0.717) is 11.1 Å². The number of rotatable bonds is 2. The molecule has 0 bridgehead atoms. The topological polar surface area (TPSA) is 54.5 Å². The van der Waals surface area contributed by atoms with E-state index < -0.39 is 23.8 Å². The van der Waals surface area contributed by atoms with E-state index in [2.05, 4.69) is 0 Å². The number of allylic oxidation sites excluding steroid dienone is 1. The normalized spacial score (nSPS) is 15.2. The van der Waals surface area contributed by atoms with Crippen LogP contribution in [-0.2, 0) is 4.79 Å². The van der Waals surface area contributed by atoms with E-state index in [9.17, 15) is 27.6 Å². The molecule has 98 valence electrons. The lowest BCUT2D eigenvalue weighted by atomic mass is 10.1. The molecule has 4 nitrogen and oxygen atoms in total. The lowest BCUT2D eigenvalue weighted by Crippen LogP contribution is -2.26. The third-order valence-electron chi connectivity index (χ3n) is 2.48. The van der Waals surface area contributed by atoms with E-state index in [1.807, 2.05) is 0 Å². The fourth-order valence-corrected chi connectivity index (χ4v) is 1.58. The highest BCUT2D eigenvalue weighted by Crippen LogP contribution is 2.23. The van der Waals surface area contributed by atoms with Crippen molar-refractivity contribution in [2.75, 3.05) is 0 Å². The van der Waals surface area contributed by atoms with E-state index in [1.54, 1.807) is 0 Å². The van der Waals surface area contributed by atoms with Crippen molar-refractivity contribution < 1.29 is 27.6 Å². The summed E-state index contributed by atoms with van der Waals surface area (Å²) < 4.78 is 36.0. The quantitative estimate of drug-likeness (QED) is 0.609. The maximum Gasteiger partial charge on any atom is 0.454 e. The summed E-state index contributed by atoms with van der Waals surface area (Å²) >= 11 is 0. The third-order valence-corrected chi connectivity index (χ3v) is 2.48. The standard InChI is InChI=1S/C12H6F3NO3/c13-12(14,15)9(17)5-6-16-10(18)7-3-1-2-4-8(7)11(16)19/h1-6H/b6-5+. The highest BCUT2D eigenvalue weighted by molar-refractivity contribution is 6.22. The second kappa shape index (κ2) is 4.34. The van der Waals surface area contributed by atoms with E-state index in [0.717, 1.165) is 0 Å². The number of amides is 2. The number of nitrogens with zero attached hydrogens (tertiary/aromatic N) is 1. The van der Waals surface area contributed by atoms with Crippen molar-refractivity contribution in [3.05, 3.63) is 47.7 Å². The summed E-state index contributed by atoms with van der Waals surface area (Å²) in [7, 11) is 0. The molecule has 1 aromatic carbocycles. The predicted octanol–water partition coefficient (Wildman–Crippen LogP) is 1.93. The summed E-state index contributed by atoms with van der Waals surface area (Å²) in [6.07, 6.45) is -4.34. The van der Waals surface area contributed by atoms with Crippen LogP contribution in [0.1, 0.15) is 20.7 Å². The number of alkyl halides is 3. The molecule has 1 aliphatic rings. The summed E-state index contributed by atoms with van der Waals surface area (Å²) in [4.78, 5) is 34.6. The van der Waals surface area contributed by atoms with Gasteiger partial charge in [-0.25, -0.2) is 4.90 Å². The lowest BCUT2D eigenvalue weighted by molar-refractivity contribution is -0.165. The van der Waals surface area contributed by atoms with Gasteiger partial charge in [-0.3, -0.25) is 14.4 Å². The van der Waals surface area contributed by atoms with Crippen LogP contribution in [0.25, 0.3) is 0 Å². The van der Waals surface area contributed by atoms with Crippen molar-refractivity contribution >= 4 is 17.6 Å². The van der Waals surface area contributed by atoms with Gasteiger partial charge in [0, 0.05) is 12.3 Å². The Bertz CT molecular complexity index is 569. The van der Waals surface area contributed by atoms with Crippen LogP contribution in [0.2, 0.25) is 0 Å².